The number of aromatic nitrogens is 1. The van der Waals surface area contributed by atoms with Crippen molar-refractivity contribution in [1.82, 2.24) is 10.3 Å². The number of nitrogens with one attached hydrogen (secondary N) is 1. The smallest absolute Gasteiger partial charge is 0.394 e. The Labute approximate surface area is 178 Å². The fourth-order valence-electron chi connectivity index (χ4n) is 2.32. The quantitative estimate of drug-likeness (QED) is 0.445. The van der Waals surface area contributed by atoms with Gasteiger partial charge in [-0.3, -0.25) is 29.0 Å². The van der Waals surface area contributed by atoms with Crippen molar-refractivity contribution in [3.63, 3.8) is 0 Å². The molecule has 0 saturated carbocycles. The number of carbonyl (C=O) groups excluding carboxylic acids is 2. The van der Waals surface area contributed by atoms with E-state index >= 15 is 0 Å². The van der Waals surface area contributed by atoms with E-state index in [2.05, 4.69) is 23.3 Å². The number of nitrogens with zero attached hydrogens (tertiary/aromatic N) is 1. The molecule has 1 aromatic heterocycles. The van der Waals surface area contributed by atoms with Crippen LogP contribution in [0.2, 0.25) is 0 Å². The van der Waals surface area contributed by atoms with Gasteiger partial charge < -0.3 is 4.74 Å². The SMILES string of the molecule is CCc1ccc(CCOc2ccc(/C=C3\SC(=O)NC3=O)cc2)nc1.O=S(=O)(O)O. The third-order valence-electron chi connectivity index (χ3n) is 3.74. The lowest BCUT2D eigenvalue weighted by Gasteiger charge is -2.07. The number of benzene rings is 1. The van der Waals surface area contributed by atoms with Crippen LogP contribution < -0.4 is 10.1 Å². The van der Waals surface area contributed by atoms with Crippen molar-refractivity contribution in [3.05, 3.63) is 64.3 Å². The van der Waals surface area contributed by atoms with Crippen LogP contribution in [0.15, 0.2) is 47.5 Å². The molecular formula is C19H20N2O7S2. The Morgan fingerprint density at radius 1 is 1.13 bits per heavy atom. The molecule has 3 rings (SSSR count). The Kier molecular flexibility index (Phi) is 8.54. The second-order valence-electron chi connectivity index (χ2n) is 5.98. The first kappa shape index (κ1) is 23.5. The minimum atomic E-state index is -4.67. The Hall–Kier alpha value is -2.73. The molecule has 2 amide bonds. The van der Waals surface area contributed by atoms with Crippen molar-refractivity contribution in [2.45, 2.75) is 19.8 Å². The minimum Gasteiger partial charge on any atom is -0.493 e. The van der Waals surface area contributed by atoms with Gasteiger partial charge in [-0.1, -0.05) is 25.1 Å². The molecule has 1 aliphatic rings. The van der Waals surface area contributed by atoms with E-state index in [4.69, 9.17) is 22.3 Å². The predicted molar refractivity (Wildman–Crippen MR) is 113 cm³/mol. The summed E-state index contributed by atoms with van der Waals surface area (Å²) in [7, 11) is -4.67. The highest BCUT2D eigenvalue weighted by Gasteiger charge is 2.24. The fourth-order valence-corrected chi connectivity index (χ4v) is 3.00. The van der Waals surface area contributed by atoms with Gasteiger partial charge in [0, 0.05) is 18.3 Å². The number of pyridine rings is 1. The summed E-state index contributed by atoms with van der Waals surface area (Å²) in [6.45, 7) is 2.65. The van der Waals surface area contributed by atoms with Crippen LogP contribution in [0.3, 0.4) is 0 Å². The van der Waals surface area contributed by atoms with Crippen molar-refractivity contribution < 1.29 is 31.8 Å². The molecule has 30 heavy (non-hydrogen) atoms. The van der Waals surface area contributed by atoms with Gasteiger partial charge in [0.25, 0.3) is 11.1 Å². The summed E-state index contributed by atoms with van der Waals surface area (Å²) in [5.41, 5.74) is 3.08. The molecule has 0 radical (unpaired) electrons. The van der Waals surface area contributed by atoms with E-state index in [1.165, 1.54) is 5.56 Å². The summed E-state index contributed by atoms with van der Waals surface area (Å²) in [4.78, 5) is 27.5. The molecule has 1 saturated heterocycles. The molecule has 1 aromatic carbocycles. The zero-order valence-electron chi connectivity index (χ0n) is 15.9. The van der Waals surface area contributed by atoms with Crippen molar-refractivity contribution in [2.24, 2.45) is 0 Å². The average molecular weight is 453 g/mol. The second-order valence-corrected chi connectivity index (χ2v) is 7.89. The first-order valence-electron chi connectivity index (χ1n) is 8.75. The zero-order chi connectivity index (χ0) is 22.1. The highest BCUT2D eigenvalue weighted by Crippen LogP contribution is 2.26. The fraction of sp³-hybridized carbons (Fsp3) is 0.211. The number of hydrogen-bond donors (Lipinski definition) is 3. The number of aryl methyl sites for hydroxylation is 1. The van der Waals surface area contributed by atoms with Gasteiger partial charge in [-0.15, -0.1) is 0 Å². The van der Waals surface area contributed by atoms with Crippen LogP contribution in [0, 0.1) is 0 Å². The third kappa shape index (κ3) is 8.74. The molecular weight excluding hydrogens is 432 g/mol. The van der Waals surface area contributed by atoms with Crippen molar-refractivity contribution in [2.75, 3.05) is 6.61 Å². The van der Waals surface area contributed by atoms with Gasteiger partial charge in [0.2, 0.25) is 0 Å². The van der Waals surface area contributed by atoms with Gasteiger partial charge in [-0.25, -0.2) is 0 Å². The Morgan fingerprint density at radius 2 is 1.80 bits per heavy atom. The van der Waals surface area contributed by atoms with Crippen LogP contribution in [0.4, 0.5) is 4.79 Å². The van der Waals surface area contributed by atoms with E-state index in [9.17, 15) is 9.59 Å². The van der Waals surface area contributed by atoms with Crippen LogP contribution in [-0.2, 0) is 28.0 Å². The van der Waals surface area contributed by atoms with Gasteiger partial charge in [-0.05, 0) is 53.6 Å². The Bertz CT molecular complexity index is 1010. The Balaban J connectivity index is 0.000000575. The van der Waals surface area contributed by atoms with E-state index in [1.54, 1.807) is 6.08 Å². The minimum absolute atomic E-state index is 0.336. The topological polar surface area (TPSA) is 143 Å². The third-order valence-corrected chi connectivity index (χ3v) is 4.55. The van der Waals surface area contributed by atoms with Crippen LogP contribution in [0.5, 0.6) is 5.75 Å². The zero-order valence-corrected chi connectivity index (χ0v) is 17.6. The molecule has 2 heterocycles. The van der Waals surface area contributed by atoms with E-state index in [1.807, 2.05) is 36.5 Å². The van der Waals surface area contributed by atoms with E-state index in [0.717, 1.165) is 41.6 Å². The number of hydrogen-bond acceptors (Lipinski definition) is 7. The molecule has 0 aliphatic carbocycles. The van der Waals surface area contributed by atoms with Gasteiger partial charge in [0.15, 0.2) is 0 Å². The molecule has 1 fully saturated rings. The molecule has 1 aliphatic heterocycles. The summed E-state index contributed by atoms with van der Waals surface area (Å²) in [6.07, 6.45) is 5.32. The van der Waals surface area contributed by atoms with Crippen molar-refractivity contribution in [3.8, 4) is 5.75 Å². The van der Waals surface area contributed by atoms with Gasteiger partial charge in [-0.2, -0.15) is 8.42 Å². The Morgan fingerprint density at radius 3 is 2.30 bits per heavy atom. The molecule has 0 spiro atoms. The molecule has 0 bridgehead atoms. The maximum atomic E-state index is 11.5. The maximum absolute atomic E-state index is 11.5. The van der Waals surface area contributed by atoms with Gasteiger partial charge >= 0.3 is 10.4 Å². The van der Waals surface area contributed by atoms with Gasteiger partial charge in [0.05, 0.1) is 11.5 Å². The number of carbonyl (C=O) groups is 2. The first-order valence-corrected chi connectivity index (χ1v) is 11.0. The number of ether oxygens (including phenoxy) is 1. The van der Waals surface area contributed by atoms with Crippen LogP contribution in [-0.4, -0.2) is 40.3 Å². The number of amides is 2. The molecule has 160 valence electrons. The van der Waals surface area contributed by atoms with Gasteiger partial charge in [0.1, 0.15) is 5.75 Å². The highest BCUT2D eigenvalue weighted by molar-refractivity contribution is 8.18. The molecule has 9 nitrogen and oxygen atoms in total. The lowest BCUT2D eigenvalue weighted by atomic mass is 10.2. The summed E-state index contributed by atoms with van der Waals surface area (Å²) < 4.78 is 37.3. The van der Waals surface area contributed by atoms with E-state index in [0.29, 0.717) is 11.5 Å². The maximum Gasteiger partial charge on any atom is 0.394 e. The highest BCUT2D eigenvalue weighted by atomic mass is 32.3. The van der Waals surface area contributed by atoms with E-state index in [-0.39, 0.29) is 11.1 Å². The van der Waals surface area contributed by atoms with Crippen molar-refractivity contribution in [1.29, 1.82) is 0 Å². The molecule has 0 unspecified atom stereocenters. The van der Waals surface area contributed by atoms with Crippen LogP contribution in [0.1, 0.15) is 23.7 Å². The van der Waals surface area contributed by atoms with Crippen LogP contribution >= 0.6 is 11.8 Å². The van der Waals surface area contributed by atoms with Crippen molar-refractivity contribution >= 4 is 39.4 Å². The van der Waals surface area contributed by atoms with E-state index < -0.39 is 10.4 Å². The molecule has 2 aromatic rings. The molecule has 0 atom stereocenters. The number of imide groups is 1. The van der Waals surface area contributed by atoms with Crippen LogP contribution in [0.25, 0.3) is 6.08 Å². The monoisotopic (exact) mass is 452 g/mol. The first-order chi connectivity index (χ1) is 14.1. The predicted octanol–water partition coefficient (Wildman–Crippen LogP) is 2.94. The molecule has 3 N–H and O–H groups in total. The standard InChI is InChI=1S/C19H18N2O3S.H2O4S/c1-2-13-3-6-15(20-12-13)9-10-24-16-7-4-14(5-8-16)11-17-18(22)21-19(23)25-17;1-5(2,3)4/h3-8,11-12H,2,9-10H2,1H3,(H,21,22,23);(H2,1,2,3,4)/b17-11-;. The lowest BCUT2D eigenvalue weighted by Crippen LogP contribution is -2.17. The largest absolute Gasteiger partial charge is 0.493 e. The summed E-state index contributed by atoms with van der Waals surface area (Å²) in [5.74, 6) is 0.406. The average Bonchev–Trinajstić information content (AvgIpc) is 2.99. The summed E-state index contributed by atoms with van der Waals surface area (Å²) in [5, 5.41) is 1.90. The summed E-state index contributed by atoms with van der Waals surface area (Å²) >= 11 is 0.910. The summed E-state index contributed by atoms with van der Waals surface area (Å²) in [6, 6.07) is 11.5. The lowest BCUT2D eigenvalue weighted by molar-refractivity contribution is -0.115. The number of thioether (sulfide) groups is 1. The second kappa shape index (κ2) is 10.9. The molecule has 11 heteroatoms. The normalized spacial score (nSPS) is 14.8. The number of rotatable bonds is 6.